The maximum Gasteiger partial charge on any atom is 0.293 e. The van der Waals surface area contributed by atoms with Crippen LogP contribution in [0.2, 0.25) is 0 Å². The zero-order valence-corrected chi connectivity index (χ0v) is 17.5. The summed E-state index contributed by atoms with van der Waals surface area (Å²) in [6, 6.07) is 12.6. The molecule has 0 radical (unpaired) electrons. The van der Waals surface area contributed by atoms with E-state index in [1.807, 2.05) is 31.2 Å². The fourth-order valence-electron chi connectivity index (χ4n) is 2.89. The van der Waals surface area contributed by atoms with Gasteiger partial charge in [0.2, 0.25) is 11.3 Å². The second kappa shape index (κ2) is 8.63. The first kappa shape index (κ1) is 20.7. The third-order valence-corrected chi connectivity index (χ3v) is 4.49. The molecule has 162 valence electrons. The molecule has 12 heteroatoms. The average molecular weight is 433 g/mol. The number of hydrazone groups is 1. The summed E-state index contributed by atoms with van der Waals surface area (Å²) < 4.78 is 4.69. The van der Waals surface area contributed by atoms with Crippen molar-refractivity contribution >= 4 is 46.2 Å². The lowest BCUT2D eigenvalue weighted by Gasteiger charge is -2.12. The zero-order valence-electron chi connectivity index (χ0n) is 17.5. The van der Waals surface area contributed by atoms with E-state index in [0.29, 0.717) is 17.1 Å². The number of aryl methyl sites for hydroxylation is 1. The lowest BCUT2D eigenvalue weighted by molar-refractivity contribution is -0.384. The summed E-state index contributed by atoms with van der Waals surface area (Å²) >= 11 is 0. The molecule has 2 aromatic heterocycles. The van der Waals surface area contributed by atoms with Crippen LogP contribution in [0, 0.1) is 17.0 Å². The number of hydrogen-bond acceptors (Lipinski definition) is 11. The van der Waals surface area contributed by atoms with Gasteiger partial charge in [-0.1, -0.05) is 23.8 Å². The summed E-state index contributed by atoms with van der Waals surface area (Å²) in [5.74, 6) is 0.646. The molecular formula is C20H19N9O3. The quantitative estimate of drug-likeness (QED) is 0.252. The first-order chi connectivity index (χ1) is 15.4. The normalized spacial score (nSPS) is 11.1. The molecule has 2 N–H and O–H groups in total. The Bertz CT molecular complexity index is 1300. The van der Waals surface area contributed by atoms with E-state index >= 15 is 0 Å². The highest BCUT2D eigenvalue weighted by molar-refractivity contribution is 5.84. The predicted octanol–water partition coefficient (Wildman–Crippen LogP) is 3.49. The van der Waals surface area contributed by atoms with Gasteiger partial charge in [0, 0.05) is 31.4 Å². The summed E-state index contributed by atoms with van der Waals surface area (Å²) in [5.41, 5.74) is 6.19. The van der Waals surface area contributed by atoms with Crippen LogP contribution in [-0.2, 0) is 0 Å². The van der Waals surface area contributed by atoms with Crippen molar-refractivity contribution < 1.29 is 9.55 Å². The lowest BCUT2D eigenvalue weighted by Crippen LogP contribution is -2.11. The molecule has 4 rings (SSSR count). The Balaban J connectivity index is 1.61. The fourth-order valence-corrected chi connectivity index (χ4v) is 2.89. The number of benzene rings is 2. The van der Waals surface area contributed by atoms with Crippen LogP contribution in [0.1, 0.15) is 11.1 Å². The van der Waals surface area contributed by atoms with Crippen LogP contribution < -0.4 is 15.6 Å². The molecule has 0 saturated carbocycles. The van der Waals surface area contributed by atoms with Crippen molar-refractivity contribution in [2.45, 2.75) is 6.92 Å². The first-order valence-electron chi connectivity index (χ1n) is 9.49. The SMILES string of the molecule is Cc1ccc(Nc2nc3nonc3nc2NN=Cc2ccc(N(C)C)c([N+](=O)[O-])c2)cc1. The van der Waals surface area contributed by atoms with Gasteiger partial charge in [0.05, 0.1) is 11.1 Å². The van der Waals surface area contributed by atoms with Crippen LogP contribution in [0.4, 0.5) is 28.7 Å². The minimum atomic E-state index is -0.430. The molecule has 2 heterocycles. The van der Waals surface area contributed by atoms with Crippen LogP contribution in [-0.4, -0.2) is 45.5 Å². The van der Waals surface area contributed by atoms with Crippen LogP contribution in [0.5, 0.6) is 0 Å². The summed E-state index contributed by atoms with van der Waals surface area (Å²) in [4.78, 5) is 21.3. The maximum atomic E-state index is 11.4. The topological polar surface area (TPSA) is 148 Å². The second-order valence-electron chi connectivity index (χ2n) is 7.09. The van der Waals surface area contributed by atoms with Crippen molar-refractivity contribution in [3.8, 4) is 0 Å². The zero-order chi connectivity index (χ0) is 22.7. The molecule has 0 saturated heterocycles. The van der Waals surface area contributed by atoms with E-state index in [1.165, 1.54) is 12.3 Å². The monoisotopic (exact) mass is 433 g/mol. The van der Waals surface area contributed by atoms with Gasteiger partial charge in [-0.15, -0.1) is 0 Å². The molecule has 0 aliphatic carbocycles. The highest BCUT2D eigenvalue weighted by atomic mass is 16.6. The van der Waals surface area contributed by atoms with E-state index in [1.54, 1.807) is 31.1 Å². The number of fused-ring (bicyclic) bond motifs is 1. The predicted molar refractivity (Wildman–Crippen MR) is 120 cm³/mol. The molecule has 0 spiro atoms. The number of nitrogens with zero attached hydrogens (tertiary/aromatic N) is 7. The molecule has 0 aliphatic rings. The van der Waals surface area contributed by atoms with Crippen molar-refractivity contribution in [1.82, 2.24) is 20.3 Å². The molecule has 4 aromatic rings. The molecule has 0 amide bonds. The number of anilines is 4. The molecule has 0 fully saturated rings. The summed E-state index contributed by atoms with van der Waals surface area (Å²) in [6.07, 6.45) is 1.45. The summed E-state index contributed by atoms with van der Waals surface area (Å²) in [6.45, 7) is 1.99. The van der Waals surface area contributed by atoms with Gasteiger partial charge in [0.1, 0.15) is 5.69 Å². The molecule has 12 nitrogen and oxygen atoms in total. The van der Waals surface area contributed by atoms with E-state index in [9.17, 15) is 10.1 Å². The van der Waals surface area contributed by atoms with Gasteiger partial charge >= 0.3 is 0 Å². The number of rotatable bonds is 7. The average Bonchev–Trinajstić information content (AvgIpc) is 3.22. The molecular weight excluding hydrogens is 414 g/mol. The fraction of sp³-hybridized carbons (Fsp3) is 0.150. The third kappa shape index (κ3) is 4.43. The Morgan fingerprint density at radius 2 is 1.75 bits per heavy atom. The van der Waals surface area contributed by atoms with E-state index in [4.69, 9.17) is 4.63 Å². The molecule has 2 aromatic carbocycles. The van der Waals surface area contributed by atoms with Crippen LogP contribution in [0.15, 0.2) is 52.2 Å². The highest BCUT2D eigenvalue weighted by Gasteiger charge is 2.16. The third-order valence-electron chi connectivity index (χ3n) is 4.49. The number of hydrogen-bond donors (Lipinski definition) is 2. The van der Waals surface area contributed by atoms with Gasteiger partial charge in [-0.05, 0) is 35.4 Å². The van der Waals surface area contributed by atoms with E-state index < -0.39 is 4.92 Å². The standard InChI is InChI=1S/C20H19N9O3/c1-12-4-7-14(8-5-12)22-17-18(24-20-19(23-17)26-32-27-20)25-21-11-13-6-9-15(28(2)3)16(10-13)29(30)31/h4-11H,1-3H3,(H,22,23,26)(H,24,25,27). The lowest BCUT2D eigenvalue weighted by atomic mass is 10.2. The maximum absolute atomic E-state index is 11.4. The summed E-state index contributed by atoms with van der Waals surface area (Å²) in [7, 11) is 3.49. The van der Waals surface area contributed by atoms with Gasteiger partial charge in [-0.25, -0.2) is 9.61 Å². The van der Waals surface area contributed by atoms with E-state index in [0.717, 1.165) is 11.3 Å². The second-order valence-corrected chi connectivity index (χ2v) is 7.09. The molecule has 0 aliphatic heterocycles. The minimum absolute atomic E-state index is 0.0180. The van der Waals surface area contributed by atoms with Crippen molar-refractivity contribution in [2.24, 2.45) is 5.10 Å². The first-order valence-corrected chi connectivity index (χ1v) is 9.49. The van der Waals surface area contributed by atoms with Gasteiger partial charge < -0.3 is 10.2 Å². The van der Waals surface area contributed by atoms with Crippen molar-refractivity contribution in [2.75, 3.05) is 29.7 Å². The van der Waals surface area contributed by atoms with Crippen molar-refractivity contribution in [3.63, 3.8) is 0 Å². The largest absolute Gasteiger partial charge is 0.372 e. The van der Waals surface area contributed by atoms with Crippen molar-refractivity contribution in [1.29, 1.82) is 0 Å². The van der Waals surface area contributed by atoms with Gasteiger partial charge in [0.25, 0.3) is 5.69 Å². The Morgan fingerprint density at radius 1 is 1.06 bits per heavy atom. The van der Waals surface area contributed by atoms with Gasteiger partial charge in [0.15, 0.2) is 11.6 Å². The minimum Gasteiger partial charge on any atom is -0.372 e. The Kier molecular flexibility index (Phi) is 5.57. The highest BCUT2D eigenvalue weighted by Crippen LogP contribution is 2.27. The molecule has 0 bridgehead atoms. The van der Waals surface area contributed by atoms with E-state index in [2.05, 4.69) is 36.1 Å². The number of nitro benzene ring substituents is 1. The Hall–Kier alpha value is -4.61. The number of nitrogens with one attached hydrogen (secondary N) is 2. The van der Waals surface area contributed by atoms with Gasteiger partial charge in [-0.3, -0.25) is 15.5 Å². The smallest absolute Gasteiger partial charge is 0.293 e. The molecule has 32 heavy (non-hydrogen) atoms. The van der Waals surface area contributed by atoms with Crippen LogP contribution >= 0.6 is 0 Å². The number of nitro groups is 1. The van der Waals surface area contributed by atoms with Crippen LogP contribution in [0.3, 0.4) is 0 Å². The van der Waals surface area contributed by atoms with Crippen LogP contribution in [0.25, 0.3) is 11.3 Å². The molecule has 0 atom stereocenters. The molecule has 0 unspecified atom stereocenters. The summed E-state index contributed by atoms with van der Waals surface area (Å²) in [5, 5.41) is 26.1. The van der Waals surface area contributed by atoms with E-state index in [-0.39, 0.29) is 22.8 Å². The number of aromatic nitrogens is 4. The van der Waals surface area contributed by atoms with Crippen molar-refractivity contribution in [3.05, 3.63) is 63.7 Å². The Labute approximate surface area is 182 Å². The Morgan fingerprint density at radius 3 is 2.41 bits per heavy atom. The van der Waals surface area contributed by atoms with Gasteiger partial charge in [-0.2, -0.15) is 10.1 Å².